The summed E-state index contributed by atoms with van der Waals surface area (Å²) in [5.41, 5.74) is 1.19. The van der Waals surface area contributed by atoms with E-state index < -0.39 is 0 Å². The highest BCUT2D eigenvalue weighted by molar-refractivity contribution is 6.18. The summed E-state index contributed by atoms with van der Waals surface area (Å²) in [7, 11) is 0. The second kappa shape index (κ2) is 4.81. The Labute approximate surface area is 95.0 Å². The lowest BCUT2D eigenvalue weighted by Gasteiger charge is -2.39. The molecule has 1 aromatic rings. The van der Waals surface area contributed by atoms with Gasteiger partial charge in [-0.05, 0) is 19.1 Å². The Morgan fingerprint density at radius 3 is 2.93 bits per heavy atom. The fourth-order valence-corrected chi connectivity index (χ4v) is 1.99. The van der Waals surface area contributed by atoms with Crippen molar-refractivity contribution in [3.8, 4) is 0 Å². The molecular weight excluding hydrogens is 212 g/mol. The van der Waals surface area contributed by atoms with Crippen LogP contribution >= 0.6 is 11.6 Å². The van der Waals surface area contributed by atoms with E-state index in [-0.39, 0.29) is 6.10 Å². The number of rotatable bonds is 2. The number of pyridine rings is 1. The Hall–Kier alpha value is -0.800. The number of halogens is 1. The van der Waals surface area contributed by atoms with Crippen molar-refractivity contribution >= 4 is 17.3 Å². The van der Waals surface area contributed by atoms with Crippen LogP contribution in [0, 0.1) is 0 Å². The zero-order valence-corrected chi connectivity index (χ0v) is 9.52. The SMILES string of the molecule is CC1COC(CCl)CN1c1ccncc1. The number of ether oxygens (including phenoxy) is 1. The molecular formula is C11H15ClN2O. The lowest BCUT2D eigenvalue weighted by Crippen LogP contribution is -2.49. The lowest BCUT2D eigenvalue weighted by atomic mass is 10.2. The first-order valence-electron chi connectivity index (χ1n) is 5.15. The number of alkyl halides is 1. The molecule has 4 heteroatoms. The van der Waals surface area contributed by atoms with E-state index in [1.165, 1.54) is 5.69 Å². The number of anilines is 1. The van der Waals surface area contributed by atoms with Crippen LogP contribution in [0.2, 0.25) is 0 Å². The molecule has 1 aromatic heterocycles. The number of hydrogen-bond acceptors (Lipinski definition) is 3. The second-order valence-corrected chi connectivity index (χ2v) is 4.13. The van der Waals surface area contributed by atoms with Crippen molar-refractivity contribution in [1.29, 1.82) is 0 Å². The molecule has 0 saturated carbocycles. The third-order valence-electron chi connectivity index (χ3n) is 2.67. The molecule has 0 bridgehead atoms. The third kappa shape index (κ3) is 2.41. The largest absolute Gasteiger partial charge is 0.373 e. The molecule has 1 aliphatic heterocycles. The highest BCUT2D eigenvalue weighted by Crippen LogP contribution is 2.21. The summed E-state index contributed by atoms with van der Waals surface area (Å²) in [5, 5.41) is 0. The number of hydrogen-bond donors (Lipinski definition) is 0. The summed E-state index contributed by atoms with van der Waals surface area (Å²) in [6.07, 6.45) is 3.76. The second-order valence-electron chi connectivity index (χ2n) is 3.82. The van der Waals surface area contributed by atoms with Gasteiger partial charge in [-0.2, -0.15) is 0 Å². The quantitative estimate of drug-likeness (QED) is 0.721. The molecule has 0 spiro atoms. The van der Waals surface area contributed by atoms with Gasteiger partial charge in [-0.25, -0.2) is 0 Å². The van der Waals surface area contributed by atoms with Crippen molar-refractivity contribution in [2.75, 3.05) is 23.9 Å². The Morgan fingerprint density at radius 1 is 1.53 bits per heavy atom. The van der Waals surface area contributed by atoms with Gasteiger partial charge >= 0.3 is 0 Å². The first-order chi connectivity index (χ1) is 7.31. The zero-order chi connectivity index (χ0) is 10.7. The van der Waals surface area contributed by atoms with E-state index in [1.807, 2.05) is 24.5 Å². The minimum Gasteiger partial charge on any atom is -0.373 e. The van der Waals surface area contributed by atoms with E-state index in [9.17, 15) is 0 Å². The van der Waals surface area contributed by atoms with Crippen molar-refractivity contribution in [3.63, 3.8) is 0 Å². The van der Waals surface area contributed by atoms with Crippen LogP contribution in [0.25, 0.3) is 0 Å². The maximum atomic E-state index is 5.82. The minimum atomic E-state index is 0.135. The average Bonchev–Trinajstić information content (AvgIpc) is 2.31. The molecule has 0 N–H and O–H groups in total. The summed E-state index contributed by atoms with van der Waals surface area (Å²) in [4.78, 5) is 6.34. The summed E-state index contributed by atoms with van der Waals surface area (Å²) < 4.78 is 5.60. The lowest BCUT2D eigenvalue weighted by molar-refractivity contribution is 0.0365. The van der Waals surface area contributed by atoms with Crippen molar-refractivity contribution in [2.24, 2.45) is 0 Å². The van der Waals surface area contributed by atoms with Crippen LogP contribution in [-0.2, 0) is 4.74 Å². The van der Waals surface area contributed by atoms with Crippen LogP contribution in [0.5, 0.6) is 0 Å². The van der Waals surface area contributed by atoms with Crippen LogP contribution in [0.3, 0.4) is 0 Å². The van der Waals surface area contributed by atoms with Crippen molar-refractivity contribution in [3.05, 3.63) is 24.5 Å². The molecule has 2 heterocycles. The first kappa shape index (κ1) is 10.7. The molecule has 3 nitrogen and oxygen atoms in total. The molecule has 2 rings (SSSR count). The predicted octanol–water partition coefficient (Wildman–Crippen LogP) is 1.91. The first-order valence-corrected chi connectivity index (χ1v) is 5.69. The van der Waals surface area contributed by atoms with Gasteiger partial charge in [0.1, 0.15) is 0 Å². The Balaban J connectivity index is 2.13. The molecule has 0 radical (unpaired) electrons. The van der Waals surface area contributed by atoms with Gasteiger partial charge in [0.05, 0.1) is 18.6 Å². The summed E-state index contributed by atoms with van der Waals surface area (Å²) in [6, 6.07) is 4.44. The summed E-state index contributed by atoms with van der Waals surface area (Å²) in [6.45, 7) is 3.75. The van der Waals surface area contributed by atoms with Gasteiger partial charge in [-0.3, -0.25) is 4.98 Å². The number of nitrogens with zero attached hydrogens (tertiary/aromatic N) is 2. The molecule has 15 heavy (non-hydrogen) atoms. The molecule has 0 amide bonds. The summed E-state index contributed by atoms with van der Waals surface area (Å²) >= 11 is 5.82. The monoisotopic (exact) mass is 226 g/mol. The number of aromatic nitrogens is 1. The van der Waals surface area contributed by atoms with Gasteiger partial charge in [0.25, 0.3) is 0 Å². The van der Waals surface area contributed by atoms with Gasteiger partial charge < -0.3 is 9.64 Å². The third-order valence-corrected chi connectivity index (χ3v) is 3.02. The minimum absolute atomic E-state index is 0.135. The number of morpholine rings is 1. The smallest absolute Gasteiger partial charge is 0.0886 e. The van der Waals surface area contributed by atoms with Gasteiger partial charge in [0.15, 0.2) is 0 Å². The Bertz CT molecular complexity index is 307. The van der Waals surface area contributed by atoms with E-state index in [0.717, 1.165) is 13.2 Å². The predicted molar refractivity (Wildman–Crippen MR) is 61.5 cm³/mol. The highest BCUT2D eigenvalue weighted by Gasteiger charge is 2.25. The van der Waals surface area contributed by atoms with Crippen molar-refractivity contribution < 1.29 is 4.74 Å². The maximum absolute atomic E-state index is 5.82. The van der Waals surface area contributed by atoms with Gasteiger partial charge in [-0.15, -0.1) is 11.6 Å². The van der Waals surface area contributed by atoms with Crippen LogP contribution < -0.4 is 4.90 Å². The Kier molecular flexibility index (Phi) is 3.44. The molecule has 2 atom stereocenters. The van der Waals surface area contributed by atoms with Crippen LogP contribution in [0.15, 0.2) is 24.5 Å². The van der Waals surface area contributed by atoms with E-state index >= 15 is 0 Å². The Morgan fingerprint density at radius 2 is 2.27 bits per heavy atom. The molecule has 1 fully saturated rings. The van der Waals surface area contributed by atoms with Crippen molar-refractivity contribution in [1.82, 2.24) is 4.98 Å². The molecule has 0 aliphatic carbocycles. The maximum Gasteiger partial charge on any atom is 0.0886 e. The van der Waals surface area contributed by atoms with Crippen LogP contribution in [0.1, 0.15) is 6.92 Å². The fourth-order valence-electron chi connectivity index (χ4n) is 1.81. The normalized spacial score (nSPS) is 26.7. The van der Waals surface area contributed by atoms with Crippen LogP contribution in [-0.4, -0.2) is 36.2 Å². The van der Waals surface area contributed by atoms with E-state index in [4.69, 9.17) is 16.3 Å². The van der Waals surface area contributed by atoms with Crippen LogP contribution in [0.4, 0.5) is 5.69 Å². The average molecular weight is 227 g/mol. The standard InChI is InChI=1S/C11H15ClN2O/c1-9-8-15-11(6-12)7-14(9)10-2-4-13-5-3-10/h2-5,9,11H,6-8H2,1H3. The van der Waals surface area contributed by atoms with E-state index in [2.05, 4.69) is 16.8 Å². The molecule has 2 unspecified atom stereocenters. The van der Waals surface area contributed by atoms with Gasteiger partial charge in [-0.1, -0.05) is 0 Å². The summed E-state index contributed by atoms with van der Waals surface area (Å²) in [5.74, 6) is 0.550. The zero-order valence-electron chi connectivity index (χ0n) is 8.77. The van der Waals surface area contributed by atoms with E-state index in [1.54, 1.807) is 0 Å². The molecule has 82 valence electrons. The van der Waals surface area contributed by atoms with Gasteiger partial charge in [0.2, 0.25) is 0 Å². The molecule has 0 aromatic carbocycles. The fraction of sp³-hybridized carbons (Fsp3) is 0.545. The molecule has 1 aliphatic rings. The highest BCUT2D eigenvalue weighted by atomic mass is 35.5. The van der Waals surface area contributed by atoms with E-state index in [0.29, 0.717) is 11.9 Å². The van der Waals surface area contributed by atoms with Crippen molar-refractivity contribution in [2.45, 2.75) is 19.1 Å². The topological polar surface area (TPSA) is 25.4 Å². The van der Waals surface area contributed by atoms with Gasteiger partial charge in [0, 0.05) is 30.7 Å². The molecule has 1 saturated heterocycles.